The molecule has 1 aromatic rings. The molecule has 0 saturated carbocycles. The minimum atomic E-state index is 0.116. The number of hydrogen-bond donors (Lipinski definition) is 0. The maximum absolute atomic E-state index is 11.3. The third-order valence-corrected chi connectivity index (χ3v) is 2.25. The van der Waals surface area contributed by atoms with Crippen LogP contribution in [0, 0.1) is 5.92 Å². The van der Waals surface area contributed by atoms with Gasteiger partial charge in [0.1, 0.15) is 5.78 Å². The van der Waals surface area contributed by atoms with Crippen LogP contribution in [-0.2, 0) is 16.1 Å². The summed E-state index contributed by atoms with van der Waals surface area (Å²) in [5, 5.41) is 0. The van der Waals surface area contributed by atoms with E-state index in [0.717, 1.165) is 5.56 Å². The number of ether oxygens (including phenoxy) is 1. The van der Waals surface area contributed by atoms with Crippen LogP contribution in [0.15, 0.2) is 30.3 Å². The van der Waals surface area contributed by atoms with Gasteiger partial charge in [0.2, 0.25) is 0 Å². The summed E-state index contributed by atoms with van der Waals surface area (Å²) in [4.78, 5) is 11.3. The molecule has 1 rings (SSSR count). The Bertz CT molecular complexity index is 291. The van der Waals surface area contributed by atoms with Crippen molar-refractivity contribution in [2.45, 2.75) is 26.9 Å². The van der Waals surface area contributed by atoms with Gasteiger partial charge >= 0.3 is 0 Å². The Morgan fingerprint density at radius 1 is 1.27 bits per heavy atom. The largest absolute Gasteiger partial charge is 0.376 e. The highest BCUT2D eigenvalue weighted by atomic mass is 16.5. The fourth-order valence-electron chi connectivity index (χ4n) is 1.23. The maximum Gasteiger partial charge on any atom is 0.137 e. The molecule has 0 radical (unpaired) electrons. The van der Waals surface area contributed by atoms with Crippen LogP contribution in [0.1, 0.15) is 25.8 Å². The van der Waals surface area contributed by atoms with Gasteiger partial charge in [-0.1, -0.05) is 44.2 Å². The topological polar surface area (TPSA) is 26.3 Å². The third-order valence-electron chi connectivity index (χ3n) is 2.25. The summed E-state index contributed by atoms with van der Waals surface area (Å²) >= 11 is 0. The monoisotopic (exact) mass is 206 g/mol. The van der Waals surface area contributed by atoms with Crippen LogP contribution in [0.2, 0.25) is 0 Å². The molecule has 0 N–H and O–H groups in total. The van der Waals surface area contributed by atoms with Gasteiger partial charge in [0.15, 0.2) is 0 Å². The molecule has 0 amide bonds. The van der Waals surface area contributed by atoms with Crippen molar-refractivity contribution < 1.29 is 9.53 Å². The summed E-state index contributed by atoms with van der Waals surface area (Å²) in [6, 6.07) is 9.98. The van der Waals surface area contributed by atoms with Crippen LogP contribution >= 0.6 is 0 Å². The lowest BCUT2D eigenvalue weighted by molar-refractivity contribution is -0.123. The Morgan fingerprint density at radius 3 is 2.53 bits per heavy atom. The van der Waals surface area contributed by atoms with E-state index < -0.39 is 0 Å². The van der Waals surface area contributed by atoms with E-state index in [1.165, 1.54) is 0 Å². The molecule has 0 fully saturated rings. The molecule has 1 aromatic carbocycles. The third kappa shape index (κ3) is 4.75. The van der Waals surface area contributed by atoms with Gasteiger partial charge in [0.25, 0.3) is 0 Å². The van der Waals surface area contributed by atoms with Crippen molar-refractivity contribution in [2.75, 3.05) is 6.61 Å². The van der Waals surface area contributed by atoms with Gasteiger partial charge in [-0.15, -0.1) is 0 Å². The normalized spacial score (nSPS) is 10.6. The van der Waals surface area contributed by atoms with Crippen molar-refractivity contribution in [3.8, 4) is 0 Å². The number of hydrogen-bond acceptors (Lipinski definition) is 2. The van der Waals surface area contributed by atoms with Crippen LogP contribution in [0.3, 0.4) is 0 Å². The average Bonchev–Trinajstić information content (AvgIpc) is 2.25. The number of benzene rings is 1. The van der Waals surface area contributed by atoms with Gasteiger partial charge in [-0.05, 0) is 5.56 Å². The predicted molar refractivity (Wildman–Crippen MR) is 60.6 cm³/mol. The van der Waals surface area contributed by atoms with Crippen molar-refractivity contribution in [2.24, 2.45) is 5.92 Å². The van der Waals surface area contributed by atoms with E-state index in [1.807, 2.05) is 44.2 Å². The summed E-state index contributed by atoms with van der Waals surface area (Å²) in [5.41, 5.74) is 1.15. The summed E-state index contributed by atoms with van der Waals surface area (Å²) in [5.74, 6) is 0.383. The van der Waals surface area contributed by atoms with E-state index in [2.05, 4.69) is 0 Å². The van der Waals surface area contributed by atoms with E-state index in [4.69, 9.17) is 4.74 Å². The van der Waals surface area contributed by atoms with Crippen molar-refractivity contribution in [1.82, 2.24) is 0 Å². The zero-order valence-corrected chi connectivity index (χ0v) is 9.40. The van der Waals surface area contributed by atoms with Crippen LogP contribution < -0.4 is 0 Å². The predicted octanol–water partition coefficient (Wildman–Crippen LogP) is 2.82. The lowest BCUT2D eigenvalue weighted by atomic mass is 10.1. The summed E-state index contributed by atoms with van der Waals surface area (Å²) in [6.07, 6.45) is 0.518. The van der Waals surface area contributed by atoms with Crippen LogP contribution in [0.25, 0.3) is 0 Å². The number of rotatable bonds is 6. The maximum atomic E-state index is 11.3. The lowest BCUT2D eigenvalue weighted by Gasteiger charge is -2.05. The zero-order valence-electron chi connectivity index (χ0n) is 9.40. The Balaban J connectivity index is 2.15. The molecule has 0 aliphatic rings. The summed E-state index contributed by atoms with van der Waals surface area (Å²) < 4.78 is 5.42. The van der Waals surface area contributed by atoms with Crippen molar-refractivity contribution in [3.05, 3.63) is 35.9 Å². The van der Waals surface area contributed by atoms with Gasteiger partial charge in [-0.2, -0.15) is 0 Å². The smallest absolute Gasteiger partial charge is 0.137 e. The Morgan fingerprint density at radius 2 is 1.93 bits per heavy atom. The molecule has 15 heavy (non-hydrogen) atoms. The van der Waals surface area contributed by atoms with Gasteiger partial charge in [-0.3, -0.25) is 4.79 Å². The first kappa shape index (κ1) is 11.9. The van der Waals surface area contributed by atoms with Crippen LogP contribution in [0.4, 0.5) is 0 Å². The molecule has 0 bridgehead atoms. The second kappa shape index (κ2) is 6.36. The molecule has 2 nitrogen and oxygen atoms in total. The Kier molecular flexibility index (Phi) is 5.05. The minimum Gasteiger partial charge on any atom is -0.376 e. The summed E-state index contributed by atoms with van der Waals surface area (Å²) in [7, 11) is 0. The minimum absolute atomic E-state index is 0.116. The highest BCUT2D eigenvalue weighted by molar-refractivity contribution is 5.80. The molecule has 0 saturated heterocycles. The number of Topliss-reactive ketones (excluding diaryl/α,β-unsaturated/α-hetero) is 1. The quantitative estimate of drug-likeness (QED) is 0.669. The molecule has 82 valence electrons. The van der Waals surface area contributed by atoms with Crippen LogP contribution in [0.5, 0.6) is 0 Å². The van der Waals surface area contributed by atoms with Crippen LogP contribution in [-0.4, -0.2) is 12.4 Å². The summed E-state index contributed by atoms with van der Waals surface area (Å²) in [6.45, 7) is 4.94. The van der Waals surface area contributed by atoms with Gasteiger partial charge in [0, 0.05) is 12.3 Å². The highest BCUT2D eigenvalue weighted by Crippen LogP contribution is 2.03. The lowest BCUT2D eigenvalue weighted by Crippen LogP contribution is -2.10. The molecule has 0 heterocycles. The first-order valence-corrected chi connectivity index (χ1v) is 5.34. The number of carbonyl (C=O) groups excluding carboxylic acids is 1. The fourth-order valence-corrected chi connectivity index (χ4v) is 1.23. The Labute approximate surface area is 91.3 Å². The van der Waals surface area contributed by atoms with E-state index in [1.54, 1.807) is 0 Å². The van der Waals surface area contributed by atoms with Crippen molar-refractivity contribution in [1.29, 1.82) is 0 Å². The van der Waals surface area contributed by atoms with Crippen molar-refractivity contribution in [3.63, 3.8) is 0 Å². The molecular formula is C13H18O2. The van der Waals surface area contributed by atoms with Gasteiger partial charge in [0.05, 0.1) is 13.2 Å². The number of carbonyl (C=O) groups is 1. The molecule has 0 unspecified atom stereocenters. The standard InChI is InChI=1S/C13H18O2/c1-11(2)13(14)8-9-15-10-12-6-4-3-5-7-12/h3-7,11H,8-10H2,1-2H3. The zero-order chi connectivity index (χ0) is 11.1. The molecule has 0 aliphatic carbocycles. The first-order chi connectivity index (χ1) is 7.20. The second-order valence-electron chi connectivity index (χ2n) is 3.91. The van der Waals surface area contributed by atoms with Gasteiger partial charge < -0.3 is 4.74 Å². The number of ketones is 1. The molecule has 0 spiro atoms. The van der Waals surface area contributed by atoms with E-state index in [9.17, 15) is 4.79 Å². The fraction of sp³-hybridized carbons (Fsp3) is 0.462. The molecule has 0 aliphatic heterocycles. The van der Waals surface area contributed by atoms with E-state index >= 15 is 0 Å². The average molecular weight is 206 g/mol. The van der Waals surface area contributed by atoms with Crippen molar-refractivity contribution >= 4 is 5.78 Å². The molecule has 0 aromatic heterocycles. The van der Waals surface area contributed by atoms with E-state index in [0.29, 0.717) is 19.6 Å². The van der Waals surface area contributed by atoms with Gasteiger partial charge in [-0.25, -0.2) is 0 Å². The molecule has 0 atom stereocenters. The molecule has 2 heteroatoms. The first-order valence-electron chi connectivity index (χ1n) is 5.34. The molecular weight excluding hydrogens is 188 g/mol. The second-order valence-corrected chi connectivity index (χ2v) is 3.91. The van der Waals surface area contributed by atoms with E-state index in [-0.39, 0.29) is 11.7 Å². The SMILES string of the molecule is CC(C)C(=O)CCOCc1ccccc1. The highest BCUT2D eigenvalue weighted by Gasteiger charge is 2.06. The Hall–Kier alpha value is -1.15.